The van der Waals surface area contributed by atoms with Crippen LogP contribution in [0.2, 0.25) is 0 Å². The molecule has 1 heterocycles. The molecule has 0 spiro atoms. The van der Waals surface area contributed by atoms with E-state index in [9.17, 15) is 20.2 Å². The van der Waals surface area contributed by atoms with Gasteiger partial charge in [-0.25, -0.2) is 0 Å². The Morgan fingerprint density at radius 1 is 0.528 bits per heavy atom. The molecular formula is C24H32N4O8. The van der Waals surface area contributed by atoms with Gasteiger partial charge >= 0.3 is 0 Å². The van der Waals surface area contributed by atoms with E-state index in [4.69, 9.17) is 18.9 Å². The van der Waals surface area contributed by atoms with Crippen molar-refractivity contribution < 1.29 is 28.8 Å². The Hall–Kier alpha value is -3.32. The quantitative estimate of drug-likeness (QED) is 0.452. The highest BCUT2D eigenvalue weighted by Gasteiger charge is 2.20. The molecule has 12 nitrogen and oxygen atoms in total. The summed E-state index contributed by atoms with van der Waals surface area (Å²) in [4.78, 5) is 25.9. The van der Waals surface area contributed by atoms with E-state index in [-0.39, 0.29) is 11.4 Å². The van der Waals surface area contributed by atoms with Gasteiger partial charge in [-0.3, -0.25) is 20.2 Å². The smallest absolute Gasteiger partial charge is 0.292 e. The zero-order chi connectivity index (χ0) is 25.6. The Labute approximate surface area is 209 Å². The average Bonchev–Trinajstić information content (AvgIpc) is 2.88. The van der Waals surface area contributed by atoms with Crippen LogP contribution in [-0.4, -0.2) is 88.9 Å². The van der Waals surface area contributed by atoms with Crippen LogP contribution in [-0.2, 0) is 18.9 Å². The maximum absolute atomic E-state index is 11.5. The molecule has 0 aliphatic carbocycles. The van der Waals surface area contributed by atoms with Gasteiger partial charge < -0.3 is 28.7 Å². The van der Waals surface area contributed by atoms with E-state index in [1.54, 1.807) is 36.4 Å². The highest BCUT2D eigenvalue weighted by molar-refractivity contribution is 5.63. The van der Waals surface area contributed by atoms with Gasteiger partial charge in [0, 0.05) is 38.3 Å². The Kier molecular flexibility index (Phi) is 11.3. The molecule has 0 amide bonds. The highest BCUT2D eigenvalue weighted by atomic mass is 16.6. The normalized spacial score (nSPS) is 17.7. The third-order valence-electron chi connectivity index (χ3n) is 5.60. The van der Waals surface area contributed by atoms with Crippen LogP contribution < -0.4 is 9.80 Å². The molecule has 0 radical (unpaired) electrons. The number of nitro benzene ring substituents is 2. The number of rotatable bonds is 4. The minimum Gasteiger partial charge on any atom is -0.377 e. The van der Waals surface area contributed by atoms with Crippen molar-refractivity contribution in [3.8, 4) is 0 Å². The molecule has 196 valence electrons. The van der Waals surface area contributed by atoms with Crippen LogP contribution in [0.25, 0.3) is 0 Å². The Bertz CT molecular complexity index is 879. The molecule has 36 heavy (non-hydrogen) atoms. The lowest BCUT2D eigenvalue weighted by Crippen LogP contribution is -2.33. The highest BCUT2D eigenvalue weighted by Crippen LogP contribution is 2.28. The van der Waals surface area contributed by atoms with E-state index >= 15 is 0 Å². The lowest BCUT2D eigenvalue weighted by atomic mass is 10.2. The maximum Gasteiger partial charge on any atom is 0.292 e. The van der Waals surface area contributed by atoms with Crippen molar-refractivity contribution in [3.05, 3.63) is 68.8 Å². The van der Waals surface area contributed by atoms with Gasteiger partial charge in [-0.2, -0.15) is 0 Å². The number of ether oxygens (including phenoxy) is 4. The lowest BCUT2D eigenvalue weighted by molar-refractivity contribution is -0.384. The second kappa shape index (κ2) is 14.9. The first-order valence-corrected chi connectivity index (χ1v) is 11.9. The molecule has 0 bridgehead atoms. The summed E-state index contributed by atoms with van der Waals surface area (Å²) in [5.74, 6) is 0. The minimum absolute atomic E-state index is 0.0366. The summed E-state index contributed by atoms with van der Waals surface area (Å²) in [6.45, 7) is 4.69. The molecule has 2 aromatic carbocycles. The van der Waals surface area contributed by atoms with Crippen LogP contribution in [0.4, 0.5) is 22.7 Å². The summed E-state index contributed by atoms with van der Waals surface area (Å²) in [5.41, 5.74) is 1.11. The Morgan fingerprint density at radius 2 is 0.833 bits per heavy atom. The van der Waals surface area contributed by atoms with Crippen molar-refractivity contribution in [2.45, 2.75) is 0 Å². The molecule has 1 aliphatic heterocycles. The molecule has 1 saturated heterocycles. The Morgan fingerprint density at radius 3 is 1.14 bits per heavy atom. The Balaban J connectivity index is 1.59. The predicted molar refractivity (Wildman–Crippen MR) is 134 cm³/mol. The van der Waals surface area contributed by atoms with E-state index in [0.29, 0.717) is 90.4 Å². The maximum atomic E-state index is 11.5. The van der Waals surface area contributed by atoms with Crippen molar-refractivity contribution in [1.29, 1.82) is 0 Å². The summed E-state index contributed by atoms with van der Waals surface area (Å²) in [6.07, 6.45) is 0. The number of nitro groups is 2. The van der Waals surface area contributed by atoms with E-state index < -0.39 is 9.85 Å². The molecule has 0 unspecified atom stereocenters. The van der Waals surface area contributed by atoms with Crippen molar-refractivity contribution in [1.82, 2.24) is 0 Å². The molecule has 1 aliphatic rings. The summed E-state index contributed by atoms with van der Waals surface area (Å²) in [5, 5.41) is 22.9. The molecule has 1 fully saturated rings. The topological polar surface area (TPSA) is 130 Å². The van der Waals surface area contributed by atoms with Gasteiger partial charge in [-0.05, 0) is 12.1 Å². The SMILES string of the molecule is O=[N+]([O-])c1ccccc1N1CCOCCOCCN(c2ccccc2[N+](=O)[O-])CCOCCOCC1. The molecule has 3 rings (SSSR count). The van der Waals surface area contributed by atoms with E-state index in [1.807, 2.05) is 9.80 Å². The molecule has 0 aromatic heterocycles. The molecule has 12 heteroatoms. The standard InChI is InChI=1S/C24H32N4O8/c29-27(30)23-7-3-1-5-21(23)25-9-13-33-17-19-35-15-11-26(12-16-36-20-18-34-14-10-25)22-6-2-4-8-24(22)28(31)32/h1-8H,9-20H2. The minimum atomic E-state index is -0.391. The number of benzene rings is 2. The van der Waals surface area contributed by atoms with E-state index in [1.165, 1.54) is 12.1 Å². The average molecular weight is 505 g/mol. The lowest BCUT2D eigenvalue weighted by Gasteiger charge is -2.25. The van der Waals surface area contributed by atoms with Crippen LogP contribution in [0.1, 0.15) is 0 Å². The fourth-order valence-electron chi connectivity index (χ4n) is 3.82. The zero-order valence-electron chi connectivity index (χ0n) is 20.2. The van der Waals surface area contributed by atoms with Crippen molar-refractivity contribution in [2.24, 2.45) is 0 Å². The summed E-state index contributed by atoms with van der Waals surface area (Å²) >= 11 is 0. The van der Waals surface area contributed by atoms with Crippen LogP contribution >= 0.6 is 0 Å². The van der Waals surface area contributed by atoms with Gasteiger partial charge in [0.05, 0.1) is 62.7 Å². The van der Waals surface area contributed by atoms with Crippen LogP contribution in [0.15, 0.2) is 48.5 Å². The second-order valence-corrected chi connectivity index (χ2v) is 7.92. The van der Waals surface area contributed by atoms with Gasteiger partial charge in [-0.1, -0.05) is 24.3 Å². The third-order valence-corrected chi connectivity index (χ3v) is 5.60. The summed E-state index contributed by atoms with van der Waals surface area (Å²) in [7, 11) is 0. The number of para-hydroxylation sites is 4. The zero-order valence-corrected chi connectivity index (χ0v) is 20.2. The molecule has 0 saturated carbocycles. The number of anilines is 2. The number of nitrogens with zero attached hydrogens (tertiary/aromatic N) is 4. The molecule has 0 N–H and O–H groups in total. The van der Waals surface area contributed by atoms with Gasteiger partial charge in [0.1, 0.15) is 11.4 Å². The largest absolute Gasteiger partial charge is 0.377 e. The van der Waals surface area contributed by atoms with Crippen molar-refractivity contribution >= 4 is 22.7 Å². The van der Waals surface area contributed by atoms with Crippen LogP contribution in [0.5, 0.6) is 0 Å². The van der Waals surface area contributed by atoms with Crippen LogP contribution in [0.3, 0.4) is 0 Å². The van der Waals surface area contributed by atoms with Crippen LogP contribution in [0, 0.1) is 20.2 Å². The van der Waals surface area contributed by atoms with Gasteiger partial charge in [0.25, 0.3) is 11.4 Å². The van der Waals surface area contributed by atoms with Gasteiger partial charge in [0.15, 0.2) is 0 Å². The van der Waals surface area contributed by atoms with Crippen molar-refractivity contribution in [2.75, 3.05) is 88.8 Å². The second-order valence-electron chi connectivity index (χ2n) is 7.92. The number of hydrogen-bond donors (Lipinski definition) is 0. The van der Waals surface area contributed by atoms with Gasteiger partial charge in [0.2, 0.25) is 0 Å². The fourth-order valence-corrected chi connectivity index (χ4v) is 3.82. The van der Waals surface area contributed by atoms with Crippen molar-refractivity contribution in [3.63, 3.8) is 0 Å². The van der Waals surface area contributed by atoms with E-state index in [2.05, 4.69) is 0 Å². The van der Waals surface area contributed by atoms with E-state index in [0.717, 1.165) is 0 Å². The first kappa shape index (κ1) is 27.3. The molecule has 2 aromatic rings. The predicted octanol–water partition coefficient (Wildman–Crippen LogP) is 2.90. The third kappa shape index (κ3) is 8.41. The molecular weight excluding hydrogens is 472 g/mol. The number of hydrogen-bond acceptors (Lipinski definition) is 10. The summed E-state index contributed by atoms with van der Waals surface area (Å²) in [6, 6.07) is 13.2. The first-order valence-electron chi connectivity index (χ1n) is 11.9. The summed E-state index contributed by atoms with van der Waals surface area (Å²) < 4.78 is 22.8. The first-order chi connectivity index (χ1) is 17.6. The monoisotopic (exact) mass is 504 g/mol. The fraction of sp³-hybridized carbons (Fsp3) is 0.500. The van der Waals surface area contributed by atoms with Gasteiger partial charge in [-0.15, -0.1) is 0 Å². The molecule has 0 atom stereocenters.